The predicted octanol–water partition coefficient (Wildman–Crippen LogP) is 3.35. The average molecular weight is 289 g/mol. The third kappa shape index (κ3) is 3.24. The fourth-order valence-electron chi connectivity index (χ4n) is 3.74. The van der Waals surface area contributed by atoms with Gasteiger partial charge in [0, 0.05) is 19.2 Å². The van der Waals surface area contributed by atoms with Crippen molar-refractivity contribution < 1.29 is 9.47 Å². The van der Waals surface area contributed by atoms with Crippen LogP contribution in [0.4, 0.5) is 0 Å². The second-order valence-electron chi connectivity index (χ2n) is 6.38. The van der Waals surface area contributed by atoms with Crippen molar-refractivity contribution in [3.05, 3.63) is 29.8 Å². The first-order chi connectivity index (χ1) is 10.3. The van der Waals surface area contributed by atoms with Crippen LogP contribution in [0.2, 0.25) is 0 Å². The molecule has 3 nitrogen and oxygen atoms in total. The number of rotatable bonds is 6. The molecule has 0 aromatic heterocycles. The zero-order valence-corrected chi connectivity index (χ0v) is 13.2. The molecular formula is C18H27NO2. The van der Waals surface area contributed by atoms with Crippen molar-refractivity contribution in [1.29, 1.82) is 0 Å². The maximum Gasteiger partial charge on any atom is 0.122 e. The van der Waals surface area contributed by atoms with Crippen LogP contribution in [-0.2, 0) is 4.74 Å². The van der Waals surface area contributed by atoms with Gasteiger partial charge in [0.1, 0.15) is 5.75 Å². The van der Waals surface area contributed by atoms with Crippen LogP contribution in [0.5, 0.6) is 5.75 Å². The van der Waals surface area contributed by atoms with Gasteiger partial charge in [-0.3, -0.25) is 0 Å². The van der Waals surface area contributed by atoms with Crippen molar-refractivity contribution in [1.82, 2.24) is 5.32 Å². The lowest BCUT2D eigenvalue weighted by Crippen LogP contribution is -2.43. The minimum atomic E-state index is 0.475. The SMILES string of the molecule is CCC1OCCC1CNC1CC(c2ccccc2OC)C1. The van der Waals surface area contributed by atoms with Crippen LogP contribution in [0.15, 0.2) is 24.3 Å². The number of hydrogen-bond donors (Lipinski definition) is 1. The second-order valence-corrected chi connectivity index (χ2v) is 6.38. The molecule has 0 radical (unpaired) electrons. The summed E-state index contributed by atoms with van der Waals surface area (Å²) in [6.07, 6.45) is 5.28. The van der Waals surface area contributed by atoms with Crippen LogP contribution >= 0.6 is 0 Å². The molecule has 3 heteroatoms. The fraction of sp³-hybridized carbons (Fsp3) is 0.667. The fourth-order valence-corrected chi connectivity index (χ4v) is 3.74. The maximum absolute atomic E-state index is 5.76. The minimum Gasteiger partial charge on any atom is -0.496 e. The molecule has 1 N–H and O–H groups in total. The Bertz CT molecular complexity index is 456. The summed E-state index contributed by atoms with van der Waals surface area (Å²) in [5.41, 5.74) is 1.37. The van der Waals surface area contributed by atoms with E-state index in [1.165, 1.54) is 24.8 Å². The van der Waals surface area contributed by atoms with Crippen molar-refractivity contribution in [3.63, 3.8) is 0 Å². The van der Waals surface area contributed by atoms with Gasteiger partial charge in [0.15, 0.2) is 0 Å². The number of ether oxygens (including phenoxy) is 2. The number of hydrogen-bond acceptors (Lipinski definition) is 3. The van der Waals surface area contributed by atoms with Gasteiger partial charge in [0.2, 0.25) is 0 Å². The Morgan fingerprint density at radius 1 is 1.29 bits per heavy atom. The quantitative estimate of drug-likeness (QED) is 0.871. The number of para-hydroxylation sites is 1. The summed E-state index contributed by atoms with van der Waals surface area (Å²) in [6.45, 7) is 4.28. The lowest BCUT2D eigenvalue weighted by atomic mass is 9.75. The molecule has 0 amide bonds. The number of nitrogens with one attached hydrogen (secondary N) is 1. The third-order valence-corrected chi connectivity index (χ3v) is 5.13. The molecule has 2 atom stereocenters. The summed E-state index contributed by atoms with van der Waals surface area (Å²) < 4.78 is 11.2. The summed E-state index contributed by atoms with van der Waals surface area (Å²) in [5, 5.41) is 3.74. The van der Waals surface area contributed by atoms with Gasteiger partial charge in [-0.05, 0) is 49.1 Å². The molecule has 1 heterocycles. The monoisotopic (exact) mass is 289 g/mol. The van der Waals surface area contributed by atoms with E-state index in [0.29, 0.717) is 24.0 Å². The number of methoxy groups -OCH3 is 1. The highest BCUT2D eigenvalue weighted by Crippen LogP contribution is 2.41. The molecule has 116 valence electrons. The molecule has 2 fully saturated rings. The molecule has 1 aliphatic heterocycles. The van der Waals surface area contributed by atoms with E-state index < -0.39 is 0 Å². The lowest BCUT2D eigenvalue weighted by molar-refractivity contribution is 0.0853. The smallest absolute Gasteiger partial charge is 0.122 e. The first-order valence-corrected chi connectivity index (χ1v) is 8.29. The molecule has 1 saturated carbocycles. The molecule has 1 aromatic carbocycles. The number of benzene rings is 1. The highest BCUT2D eigenvalue weighted by Gasteiger charge is 2.33. The second kappa shape index (κ2) is 6.80. The van der Waals surface area contributed by atoms with Crippen LogP contribution in [0.25, 0.3) is 0 Å². The Morgan fingerprint density at radius 2 is 2.10 bits per heavy atom. The van der Waals surface area contributed by atoms with E-state index in [-0.39, 0.29) is 0 Å². The maximum atomic E-state index is 5.76. The zero-order chi connectivity index (χ0) is 14.7. The van der Waals surface area contributed by atoms with E-state index in [1.54, 1.807) is 7.11 Å². The van der Waals surface area contributed by atoms with Crippen LogP contribution in [0, 0.1) is 5.92 Å². The standard InChI is InChI=1S/C18H27NO2/c1-3-17-13(8-9-21-17)12-19-15-10-14(11-15)16-6-4-5-7-18(16)20-2/h4-7,13-15,17,19H,3,8-12H2,1-2H3. The van der Waals surface area contributed by atoms with Crippen LogP contribution in [0.3, 0.4) is 0 Å². The minimum absolute atomic E-state index is 0.475. The molecule has 1 aromatic rings. The van der Waals surface area contributed by atoms with Gasteiger partial charge in [-0.25, -0.2) is 0 Å². The van der Waals surface area contributed by atoms with E-state index in [1.807, 2.05) is 6.07 Å². The molecule has 0 bridgehead atoms. The largest absolute Gasteiger partial charge is 0.496 e. The molecule has 21 heavy (non-hydrogen) atoms. The Hall–Kier alpha value is -1.06. The van der Waals surface area contributed by atoms with E-state index in [4.69, 9.17) is 9.47 Å². The van der Waals surface area contributed by atoms with Crippen LogP contribution in [0.1, 0.15) is 44.1 Å². The third-order valence-electron chi connectivity index (χ3n) is 5.13. The summed E-state index contributed by atoms with van der Waals surface area (Å²) >= 11 is 0. The zero-order valence-electron chi connectivity index (χ0n) is 13.2. The molecule has 0 spiro atoms. The van der Waals surface area contributed by atoms with E-state index in [9.17, 15) is 0 Å². The van der Waals surface area contributed by atoms with Crippen molar-refractivity contribution >= 4 is 0 Å². The highest BCUT2D eigenvalue weighted by molar-refractivity contribution is 5.37. The van der Waals surface area contributed by atoms with Crippen molar-refractivity contribution in [2.24, 2.45) is 5.92 Å². The van der Waals surface area contributed by atoms with Crippen molar-refractivity contribution in [2.75, 3.05) is 20.3 Å². The summed E-state index contributed by atoms with van der Waals surface area (Å²) in [4.78, 5) is 0. The van der Waals surface area contributed by atoms with Crippen LogP contribution < -0.4 is 10.1 Å². The topological polar surface area (TPSA) is 30.5 Å². The summed E-state index contributed by atoms with van der Waals surface area (Å²) in [6, 6.07) is 9.09. The van der Waals surface area contributed by atoms with Crippen molar-refractivity contribution in [3.8, 4) is 5.75 Å². The van der Waals surface area contributed by atoms with Crippen molar-refractivity contribution in [2.45, 2.75) is 50.7 Å². The van der Waals surface area contributed by atoms with E-state index in [2.05, 4.69) is 30.4 Å². The Kier molecular flexibility index (Phi) is 4.81. The Morgan fingerprint density at radius 3 is 2.86 bits per heavy atom. The van der Waals surface area contributed by atoms with Gasteiger partial charge in [-0.1, -0.05) is 25.1 Å². The van der Waals surface area contributed by atoms with E-state index >= 15 is 0 Å². The van der Waals surface area contributed by atoms with Gasteiger partial charge in [0.25, 0.3) is 0 Å². The lowest BCUT2D eigenvalue weighted by Gasteiger charge is -2.37. The van der Waals surface area contributed by atoms with Gasteiger partial charge in [-0.15, -0.1) is 0 Å². The van der Waals surface area contributed by atoms with Gasteiger partial charge < -0.3 is 14.8 Å². The first kappa shape index (κ1) is 14.9. The molecule has 1 aliphatic carbocycles. The average Bonchev–Trinajstić information content (AvgIpc) is 2.93. The molecule has 2 aliphatic rings. The normalized spacial score (nSPS) is 31.9. The summed E-state index contributed by atoms with van der Waals surface area (Å²) in [5.74, 6) is 2.40. The molecule has 2 unspecified atom stereocenters. The highest BCUT2D eigenvalue weighted by atomic mass is 16.5. The molecule has 1 saturated heterocycles. The first-order valence-electron chi connectivity index (χ1n) is 8.29. The van der Waals surface area contributed by atoms with Gasteiger partial charge in [-0.2, -0.15) is 0 Å². The Balaban J connectivity index is 1.45. The predicted molar refractivity (Wildman–Crippen MR) is 84.9 cm³/mol. The van der Waals surface area contributed by atoms with Gasteiger partial charge >= 0.3 is 0 Å². The van der Waals surface area contributed by atoms with Crippen LogP contribution in [-0.4, -0.2) is 32.4 Å². The molecular weight excluding hydrogens is 262 g/mol. The van der Waals surface area contributed by atoms with Gasteiger partial charge in [0.05, 0.1) is 13.2 Å². The molecule has 3 rings (SSSR count). The van der Waals surface area contributed by atoms with E-state index in [0.717, 1.165) is 25.3 Å². The Labute approximate surface area is 128 Å². The summed E-state index contributed by atoms with van der Waals surface area (Å²) in [7, 11) is 1.76.